The molecule has 0 spiro atoms. The van der Waals surface area contributed by atoms with Gasteiger partial charge in [0.15, 0.2) is 0 Å². The average molecular weight is 439 g/mol. The van der Waals surface area contributed by atoms with Gasteiger partial charge in [0.2, 0.25) is 0 Å². The van der Waals surface area contributed by atoms with E-state index in [-0.39, 0.29) is 0 Å². The number of nitrogens with one attached hydrogen (secondary N) is 3. The van der Waals surface area contributed by atoms with Gasteiger partial charge >= 0.3 is 0 Å². The van der Waals surface area contributed by atoms with E-state index in [9.17, 15) is 5.11 Å². The summed E-state index contributed by atoms with van der Waals surface area (Å²) < 4.78 is 0. The number of rotatable bonds is 18. The minimum atomic E-state index is -0.959. The minimum absolute atomic E-state index is 0.744. The Labute approximate surface area is 190 Å². The monoisotopic (exact) mass is 438 g/mol. The second-order valence-corrected chi connectivity index (χ2v) is 8.00. The van der Waals surface area contributed by atoms with Gasteiger partial charge in [-0.05, 0) is 110 Å². The van der Waals surface area contributed by atoms with Crippen molar-refractivity contribution in [2.24, 2.45) is 17.2 Å². The summed E-state index contributed by atoms with van der Waals surface area (Å²) in [6.07, 6.45) is 7.47. The molecule has 31 heavy (non-hydrogen) atoms. The van der Waals surface area contributed by atoms with Crippen molar-refractivity contribution in [1.82, 2.24) is 16.0 Å². The quantitative estimate of drug-likeness (QED) is 0.136. The Morgan fingerprint density at radius 3 is 1.77 bits per heavy atom. The molecule has 0 amide bonds. The first-order valence-corrected chi connectivity index (χ1v) is 12.1. The highest BCUT2D eigenvalue weighted by Gasteiger charge is 2.23. The van der Waals surface area contributed by atoms with Crippen LogP contribution in [-0.2, 0) is 12.1 Å². The highest BCUT2D eigenvalue weighted by atomic mass is 16.3. The van der Waals surface area contributed by atoms with E-state index < -0.39 is 5.72 Å². The minimum Gasteiger partial charge on any atom is -0.372 e. The van der Waals surface area contributed by atoms with Crippen molar-refractivity contribution in [1.29, 1.82) is 0 Å². The van der Waals surface area contributed by atoms with Gasteiger partial charge in [-0.3, -0.25) is 5.32 Å². The molecule has 0 aromatic heterocycles. The molecule has 0 aliphatic rings. The van der Waals surface area contributed by atoms with E-state index in [0.717, 1.165) is 96.4 Å². The lowest BCUT2D eigenvalue weighted by Crippen LogP contribution is -2.40. The summed E-state index contributed by atoms with van der Waals surface area (Å²) >= 11 is 0. The molecule has 1 aromatic carbocycles. The van der Waals surface area contributed by atoms with E-state index in [1.807, 2.05) is 25.1 Å². The molecule has 1 unspecified atom stereocenters. The van der Waals surface area contributed by atoms with Crippen LogP contribution >= 0.6 is 0 Å². The SMILES string of the molecule is CCc1ccccc1C(C)(O)NCCCCNCCCN.NCCCCNCCCN. The van der Waals surface area contributed by atoms with Crippen molar-refractivity contribution in [3.05, 3.63) is 35.4 Å². The predicted octanol–water partition coefficient (Wildman–Crippen LogP) is 1.39. The van der Waals surface area contributed by atoms with Gasteiger partial charge < -0.3 is 32.9 Å². The second kappa shape index (κ2) is 20.8. The molecule has 0 saturated heterocycles. The third-order valence-corrected chi connectivity index (χ3v) is 5.10. The topological polar surface area (TPSA) is 134 Å². The van der Waals surface area contributed by atoms with E-state index in [0.29, 0.717) is 0 Å². The Morgan fingerprint density at radius 2 is 1.23 bits per heavy atom. The van der Waals surface area contributed by atoms with Crippen molar-refractivity contribution >= 4 is 0 Å². The first kappa shape index (κ1) is 29.9. The maximum atomic E-state index is 10.6. The number of unbranched alkanes of at least 4 members (excludes halogenated alkanes) is 2. The number of aliphatic hydroxyl groups is 1. The van der Waals surface area contributed by atoms with Crippen LogP contribution in [0.4, 0.5) is 0 Å². The Kier molecular flexibility index (Phi) is 20.1. The fourth-order valence-electron chi connectivity index (χ4n) is 3.20. The first-order chi connectivity index (χ1) is 15.0. The standard InChI is InChI=1S/C17H31N3O.C7H19N3/c1-3-15-9-4-5-10-16(15)17(2,21)20-14-7-6-12-19-13-8-11-18;8-4-1-2-6-10-7-3-5-9/h4-5,9-10,19-21H,3,6-8,11-14,18H2,1-2H3;10H,1-9H2. The highest BCUT2D eigenvalue weighted by molar-refractivity contribution is 5.31. The normalized spacial score (nSPS) is 12.8. The van der Waals surface area contributed by atoms with Gasteiger partial charge in [-0.1, -0.05) is 31.2 Å². The third kappa shape index (κ3) is 16.3. The summed E-state index contributed by atoms with van der Waals surface area (Å²) in [7, 11) is 0. The van der Waals surface area contributed by atoms with Crippen LogP contribution in [0.3, 0.4) is 0 Å². The highest BCUT2D eigenvalue weighted by Crippen LogP contribution is 2.22. The smallest absolute Gasteiger partial charge is 0.139 e. The summed E-state index contributed by atoms with van der Waals surface area (Å²) in [6.45, 7) is 11.2. The van der Waals surface area contributed by atoms with Crippen LogP contribution in [0.1, 0.15) is 63.5 Å². The summed E-state index contributed by atoms with van der Waals surface area (Å²) in [6, 6.07) is 8.07. The van der Waals surface area contributed by atoms with Crippen LogP contribution in [0.15, 0.2) is 24.3 Å². The zero-order valence-corrected chi connectivity index (χ0v) is 20.1. The molecule has 1 atom stereocenters. The molecule has 182 valence electrons. The summed E-state index contributed by atoms with van der Waals surface area (Å²) in [4.78, 5) is 0. The Hall–Kier alpha value is -1.06. The zero-order chi connectivity index (χ0) is 23.2. The van der Waals surface area contributed by atoms with Gasteiger partial charge in [-0.15, -0.1) is 0 Å². The molecular weight excluding hydrogens is 388 g/mol. The van der Waals surface area contributed by atoms with Crippen LogP contribution in [0.5, 0.6) is 0 Å². The van der Waals surface area contributed by atoms with Gasteiger partial charge in [0.05, 0.1) is 0 Å². The van der Waals surface area contributed by atoms with E-state index in [4.69, 9.17) is 17.2 Å². The van der Waals surface area contributed by atoms with Gasteiger partial charge in [-0.25, -0.2) is 0 Å². The Morgan fingerprint density at radius 1 is 0.742 bits per heavy atom. The summed E-state index contributed by atoms with van der Waals surface area (Å²) in [5.74, 6) is 0. The lowest BCUT2D eigenvalue weighted by molar-refractivity contribution is 0.0190. The molecule has 0 saturated carbocycles. The molecule has 0 fully saturated rings. The summed E-state index contributed by atoms with van der Waals surface area (Å²) in [5, 5.41) is 20.5. The average Bonchev–Trinajstić information content (AvgIpc) is 2.78. The number of benzene rings is 1. The molecule has 0 heterocycles. The second-order valence-electron chi connectivity index (χ2n) is 8.00. The first-order valence-electron chi connectivity index (χ1n) is 12.1. The number of hydrogen-bond acceptors (Lipinski definition) is 7. The van der Waals surface area contributed by atoms with Crippen LogP contribution in [0.25, 0.3) is 0 Å². The van der Waals surface area contributed by atoms with Crippen LogP contribution in [0.2, 0.25) is 0 Å². The lowest BCUT2D eigenvalue weighted by Gasteiger charge is -2.27. The number of aryl methyl sites for hydroxylation is 1. The van der Waals surface area contributed by atoms with E-state index in [1.165, 1.54) is 12.0 Å². The Bertz CT molecular complexity index is 505. The maximum absolute atomic E-state index is 10.6. The molecule has 0 bridgehead atoms. The van der Waals surface area contributed by atoms with E-state index in [1.54, 1.807) is 0 Å². The molecular formula is C24H50N6O. The van der Waals surface area contributed by atoms with Crippen molar-refractivity contribution < 1.29 is 5.11 Å². The predicted molar refractivity (Wildman–Crippen MR) is 134 cm³/mol. The molecule has 10 N–H and O–H groups in total. The molecule has 1 rings (SSSR count). The fourth-order valence-corrected chi connectivity index (χ4v) is 3.20. The van der Waals surface area contributed by atoms with Gasteiger partial charge in [0, 0.05) is 5.56 Å². The maximum Gasteiger partial charge on any atom is 0.139 e. The summed E-state index contributed by atoms with van der Waals surface area (Å²) in [5.41, 5.74) is 17.3. The van der Waals surface area contributed by atoms with Gasteiger partial charge in [0.25, 0.3) is 0 Å². The molecule has 0 aliphatic carbocycles. The number of hydrogen-bond donors (Lipinski definition) is 7. The van der Waals surface area contributed by atoms with Crippen LogP contribution in [0, 0.1) is 0 Å². The van der Waals surface area contributed by atoms with E-state index >= 15 is 0 Å². The lowest BCUT2D eigenvalue weighted by atomic mass is 9.96. The van der Waals surface area contributed by atoms with Gasteiger partial charge in [-0.2, -0.15) is 0 Å². The van der Waals surface area contributed by atoms with Crippen molar-refractivity contribution in [3.63, 3.8) is 0 Å². The van der Waals surface area contributed by atoms with E-state index in [2.05, 4.69) is 28.9 Å². The Balaban J connectivity index is 0.000000759. The largest absolute Gasteiger partial charge is 0.372 e. The van der Waals surface area contributed by atoms with Crippen molar-refractivity contribution in [3.8, 4) is 0 Å². The molecule has 0 aliphatic heterocycles. The third-order valence-electron chi connectivity index (χ3n) is 5.10. The number of nitrogens with two attached hydrogens (primary N) is 3. The molecule has 7 heteroatoms. The molecule has 7 nitrogen and oxygen atoms in total. The van der Waals surface area contributed by atoms with Crippen LogP contribution < -0.4 is 33.2 Å². The molecule has 0 radical (unpaired) electrons. The molecule has 1 aromatic rings. The zero-order valence-electron chi connectivity index (χ0n) is 20.1. The van der Waals surface area contributed by atoms with Crippen molar-refractivity contribution in [2.75, 3.05) is 52.4 Å². The fraction of sp³-hybridized carbons (Fsp3) is 0.750. The van der Waals surface area contributed by atoms with Crippen molar-refractivity contribution in [2.45, 2.75) is 64.5 Å². The van der Waals surface area contributed by atoms with Crippen LogP contribution in [-0.4, -0.2) is 57.5 Å². The van der Waals surface area contributed by atoms with Gasteiger partial charge in [0.1, 0.15) is 5.72 Å².